The number of hydrogen-bond acceptors (Lipinski definition) is 4. The average molecular weight is 343 g/mol. The molecule has 2 N–H and O–H groups in total. The molecule has 0 unspecified atom stereocenters. The van der Waals surface area contributed by atoms with Gasteiger partial charge in [-0.25, -0.2) is 4.39 Å². The summed E-state index contributed by atoms with van der Waals surface area (Å²) in [6.07, 6.45) is 0. The third kappa shape index (κ3) is 4.48. The van der Waals surface area contributed by atoms with E-state index in [1.54, 1.807) is 30.3 Å². The Morgan fingerprint density at radius 2 is 1.80 bits per heavy atom. The number of aryl methyl sites for hydroxylation is 1. The zero-order valence-electron chi connectivity index (χ0n) is 14.2. The molecular formula is C19H22FN3O2. The van der Waals surface area contributed by atoms with Crippen molar-refractivity contribution in [2.75, 3.05) is 42.9 Å². The second-order valence-corrected chi connectivity index (χ2v) is 6.31. The summed E-state index contributed by atoms with van der Waals surface area (Å²) in [5.41, 5.74) is 2.41. The van der Waals surface area contributed by atoms with Crippen molar-refractivity contribution in [1.29, 1.82) is 0 Å². The molecule has 5 nitrogen and oxygen atoms in total. The van der Waals surface area contributed by atoms with Gasteiger partial charge in [-0.3, -0.25) is 9.69 Å². The predicted molar refractivity (Wildman–Crippen MR) is 96.5 cm³/mol. The van der Waals surface area contributed by atoms with Gasteiger partial charge in [0.05, 0.1) is 12.2 Å². The SMILES string of the molecule is Cc1ccc(O)c(NC(=O)CN2CCN(c3ccc(F)cc3)CC2)c1. The van der Waals surface area contributed by atoms with Crippen LogP contribution >= 0.6 is 0 Å². The van der Waals surface area contributed by atoms with Crippen LogP contribution in [0.4, 0.5) is 15.8 Å². The summed E-state index contributed by atoms with van der Waals surface area (Å²) in [6, 6.07) is 11.6. The highest BCUT2D eigenvalue weighted by molar-refractivity contribution is 5.93. The monoisotopic (exact) mass is 343 g/mol. The van der Waals surface area contributed by atoms with Gasteiger partial charge in [-0.2, -0.15) is 0 Å². The maximum atomic E-state index is 13.0. The summed E-state index contributed by atoms with van der Waals surface area (Å²) in [7, 11) is 0. The quantitative estimate of drug-likeness (QED) is 0.838. The fraction of sp³-hybridized carbons (Fsp3) is 0.316. The normalized spacial score (nSPS) is 15.2. The number of phenols is 1. The van der Waals surface area contributed by atoms with E-state index in [1.165, 1.54) is 12.1 Å². The number of benzene rings is 2. The van der Waals surface area contributed by atoms with Crippen molar-refractivity contribution in [3.63, 3.8) is 0 Å². The van der Waals surface area contributed by atoms with E-state index in [0.717, 1.165) is 37.4 Å². The molecule has 0 atom stereocenters. The van der Waals surface area contributed by atoms with Crippen LogP contribution in [0.1, 0.15) is 5.56 Å². The maximum absolute atomic E-state index is 13.0. The molecular weight excluding hydrogens is 321 g/mol. The third-order valence-corrected chi connectivity index (χ3v) is 4.36. The number of amides is 1. The first-order valence-electron chi connectivity index (χ1n) is 8.33. The Balaban J connectivity index is 1.51. The van der Waals surface area contributed by atoms with Gasteiger partial charge >= 0.3 is 0 Å². The summed E-state index contributed by atoms with van der Waals surface area (Å²) < 4.78 is 13.0. The molecule has 0 bridgehead atoms. The highest BCUT2D eigenvalue weighted by Crippen LogP contribution is 2.24. The Kier molecular flexibility index (Phi) is 5.19. The van der Waals surface area contributed by atoms with Crippen LogP contribution in [0.3, 0.4) is 0 Å². The highest BCUT2D eigenvalue weighted by atomic mass is 19.1. The Hall–Kier alpha value is -2.60. The summed E-state index contributed by atoms with van der Waals surface area (Å²) in [5, 5.41) is 12.6. The van der Waals surface area contributed by atoms with E-state index in [9.17, 15) is 14.3 Å². The standard InChI is InChI=1S/C19H22FN3O2/c1-14-2-7-18(24)17(12-14)21-19(25)13-22-8-10-23(11-9-22)16-5-3-15(20)4-6-16/h2-7,12,24H,8-11,13H2,1H3,(H,21,25). The van der Waals surface area contributed by atoms with Gasteiger partial charge in [-0.1, -0.05) is 6.07 Å². The number of hydrogen-bond donors (Lipinski definition) is 2. The Morgan fingerprint density at radius 3 is 2.48 bits per heavy atom. The first-order valence-corrected chi connectivity index (χ1v) is 8.33. The van der Waals surface area contributed by atoms with Gasteiger partial charge in [-0.15, -0.1) is 0 Å². The number of nitrogens with one attached hydrogen (secondary N) is 1. The number of rotatable bonds is 4. The Labute approximate surface area is 146 Å². The van der Waals surface area contributed by atoms with Crippen LogP contribution in [0.2, 0.25) is 0 Å². The molecule has 25 heavy (non-hydrogen) atoms. The summed E-state index contributed by atoms with van der Waals surface area (Å²) in [5.74, 6) is -0.310. The predicted octanol–water partition coefficient (Wildman–Crippen LogP) is 2.60. The number of carbonyl (C=O) groups is 1. The fourth-order valence-corrected chi connectivity index (χ4v) is 2.96. The molecule has 0 aliphatic carbocycles. The molecule has 3 rings (SSSR count). The number of piperazine rings is 1. The minimum Gasteiger partial charge on any atom is -0.506 e. The van der Waals surface area contributed by atoms with Crippen LogP contribution in [-0.2, 0) is 4.79 Å². The highest BCUT2D eigenvalue weighted by Gasteiger charge is 2.19. The number of nitrogens with zero attached hydrogens (tertiary/aromatic N) is 2. The van der Waals surface area contributed by atoms with Crippen molar-refractivity contribution in [3.8, 4) is 5.75 Å². The number of halogens is 1. The first kappa shape index (κ1) is 17.2. The molecule has 1 saturated heterocycles. The van der Waals surface area contributed by atoms with Crippen LogP contribution in [0.25, 0.3) is 0 Å². The number of carbonyl (C=O) groups excluding carboxylic acids is 1. The molecule has 1 fully saturated rings. The van der Waals surface area contributed by atoms with E-state index in [2.05, 4.69) is 15.1 Å². The maximum Gasteiger partial charge on any atom is 0.238 e. The Bertz CT molecular complexity index is 741. The topological polar surface area (TPSA) is 55.8 Å². The second kappa shape index (κ2) is 7.53. The molecule has 2 aromatic carbocycles. The van der Waals surface area contributed by atoms with Crippen molar-refractivity contribution in [1.82, 2.24) is 4.90 Å². The largest absolute Gasteiger partial charge is 0.506 e. The fourth-order valence-electron chi connectivity index (χ4n) is 2.96. The van der Waals surface area contributed by atoms with Gasteiger partial charge in [0.15, 0.2) is 0 Å². The molecule has 1 heterocycles. The molecule has 1 amide bonds. The molecule has 1 aliphatic heterocycles. The van der Waals surface area contributed by atoms with E-state index in [-0.39, 0.29) is 24.0 Å². The van der Waals surface area contributed by atoms with E-state index >= 15 is 0 Å². The average Bonchev–Trinajstić information content (AvgIpc) is 2.59. The summed E-state index contributed by atoms with van der Waals surface area (Å²) >= 11 is 0. The zero-order valence-corrected chi connectivity index (χ0v) is 14.2. The molecule has 0 spiro atoms. The summed E-state index contributed by atoms with van der Waals surface area (Å²) in [6.45, 7) is 5.27. The minimum atomic E-state index is -0.238. The van der Waals surface area contributed by atoms with Crippen LogP contribution in [0.15, 0.2) is 42.5 Å². The lowest BCUT2D eigenvalue weighted by Gasteiger charge is -2.35. The number of anilines is 2. The van der Waals surface area contributed by atoms with Gasteiger partial charge in [0.1, 0.15) is 11.6 Å². The Morgan fingerprint density at radius 1 is 1.12 bits per heavy atom. The molecule has 0 saturated carbocycles. The van der Waals surface area contributed by atoms with Crippen molar-refractivity contribution in [2.45, 2.75) is 6.92 Å². The van der Waals surface area contributed by atoms with Crippen LogP contribution in [-0.4, -0.2) is 48.6 Å². The van der Waals surface area contributed by atoms with Crippen LogP contribution < -0.4 is 10.2 Å². The molecule has 0 radical (unpaired) electrons. The number of phenolic OH excluding ortho intramolecular Hbond substituents is 1. The van der Waals surface area contributed by atoms with Crippen molar-refractivity contribution >= 4 is 17.3 Å². The lowest BCUT2D eigenvalue weighted by Crippen LogP contribution is -2.48. The van der Waals surface area contributed by atoms with Crippen LogP contribution in [0, 0.1) is 12.7 Å². The molecule has 0 aromatic heterocycles. The molecule has 132 valence electrons. The lowest BCUT2D eigenvalue weighted by molar-refractivity contribution is -0.117. The third-order valence-electron chi connectivity index (χ3n) is 4.36. The molecule has 2 aromatic rings. The minimum absolute atomic E-state index is 0.0695. The van der Waals surface area contributed by atoms with Crippen molar-refractivity contribution in [2.24, 2.45) is 0 Å². The second-order valence-electron chi connectivity index (χ2n) is 6.31. The molecule has 1 aliphatic rings. The first-order chi connectivity index (χ1) is 12.0. The van der Waals surface area contributed by atoms with Crippen molar-refractivity contribution in [3.05, 3.63) is 53.8 Å². The van der Waals surface area contributed by atoms with Gasteiger partial charge < -0.3 is 15.3 Å². The van der Waals surface area contributed by atoms with E-state index in [0.29, 0.717) is 5.69 Å². The van der Waals surface area contributed by atoms with E-state index in [4.69, 9.17) is 0 Å². The van der Waals surface area contributed by atoms with Crippen molar-refractivity contribution < 1.29 is 14.3 Å². The van der Waals surface area contributed by atoms with Gasteiger partial charge in [0, 0.05) is 31.9 Å². The lowest BCUT2D eigenvalue weighted by atomic mass is 10.2. The van der Waals surface area contributed by atoms with Gasteiger partial charge in [0.25, 0.3) is 0 Å². The zero-order chi connectivity index (χ0) is 17.8. The van der Waals surface area contributed by atoms with Crippen LogP contribution in [0.5, 0.6) is 5.75 Å². The van der Waals surface area contributed by atoms with E-state index in [1.807, 2.05) is 6.92 Å². The smallest absolute Gasteiger partial charge is 0.238 e. The van der Waals surface area contributed by atoms with Gasteiger partial charge in [0.2, 0.25) is 5.91 Å². The van der Waals surface area contributed by atoms with E-state index < -0.39 is 0 Å². The number of aromatic hydroxyl groups is 1. The van der Waals surface area contributed by atoms with Gasteiger partial charge in [-0.05, 0) is 48.9 Å². The molecule has 6 heteroatoms. The summed E-state index contributed by atoms with van der Waals surface area (Å²) in [4.78, 5) is 16.5.